The van der Waals surface area contributed by atoms with Crippen LogP contribution in [-0.4, -0.2) is 106 Å². The maximum Gasteiger partial charge on any atom is 1.00 e. The molecule has 11 nitrogen and oxygen atoms in total. The minimum atomic E-state index is -3.34. The number of rotatable bonds is 9. The number of aliphatic hydroxyl groups excluding tert-OH is 3. The average Bonchev–Trinajstić information content (AvgIpc) is 3.93. The maximum absolute atomic E-state index is 12.5. The van der Waals surface area contributed by atoms with Gasteiger partial charge in [-0.2, -0.15) is 4.31 Å². The number of hydrogen-bond donors (Lipinski definition) is 4. The van der Waals surface area contributed by atoms with Crippen LogP contribution in [0, 0.1) is 39.4 Å². The summed E-state index contributed by atoms with van der Waals surface area (Å²) in [5.41, 5.74) is 7.72. The predicted octanol–water partition coefficient (Wildman–Crippen LogP) is 5.04. The smallest absolute Gasteiger partial charge is 1.00 e. The molecule has 1 unspecified atom stereocenters. The molecular weight excluding hydrogens is 981 g/mol. The molecule has 2 aliphatic rings. The van der Waals surface area contributed by atoms with E-state index in [1.807, 2.05) is 109 Å². The topological polar surface area (TPSA) is 213 Å². The second-order valence-electron chi connectivity index (χ2n) is 23.1. The SMILES string of the molecule is CC(C)(C)[C@@](C)(N)CO.CC(C)(C)[C@@]1(C)C[C@H](c2ccccc2)COC1=O.CC(C)(C)[C@](C)(CO)C[C@@H](CO)c1ccccc1.Cc1ccc(S(=O)(=O)N2C[C@@]2(C)C(C)(C)C)cc1.O.O.[AlH3].[H-].[HH].[Li+].[Pd]. The molecular formula is C53H96AlLiN2O9PdS. The first-order chi connectivity index (χ1) is 28.6. The van der Waals surface area contributed by atoms with Crippen molar-refractivity contribution < 1.29 is 86.4 Å². The Bertz CT molecular complexity index is 2020. The van der Waals surface area contributed by atoms with Gasteiger partial charge in [-0.3, -0.25) is 4.79 Å². The van der Waals surface area contributed by atoms with Gasteiger partial charge in [-0.25, -0.2) is 8.42 Å². The van der Waals surface area contributed by atoms with Gasteiger partial charge in [-0.15, -0.1) is 0 Å². The zero-order chi connectivity index (χ0) is 48.7. The molecule has 0 spiro atoms. The van der Waals surface area contributed by atoms with E-state index in [9.17, 15) is 23.4 Å². The normalized spacial score (nSPS) is 22.2. The summed E-state index contributed by atoms with van der Waals surface area (Å²) in [7, 11) is -3.34. The molecule has 0 aromatic heterocycles. The van der Waals surface area contributed by atoms with Crippen molar-refractivity contribution in [3.63, 3.8) is 0 Å². The number of cyclic esters (lactones) is 1. The third-order valence-electron chi connectivity index (χ3n) is 15.0. The quantitative estimate of drug-likeness (QED) is 0.129. The number of carbonyl (C=O) groups is 1. The fourth-order valence-corrected chi connectivity index (χ4v) is 8.93. The van der Waals surface area contributed by atoms with Gasteiger partial charge >= 0.3 is 24.8 Å². The van der Waals surface area contributed by atoms with Gasteiger partial charge in [-0.05, 0) is 90.9 Å². The first kappa shape index (κ1) is 73.1. The molecule has 9 N–H and O–H groups in total. The molecule has 5 rings (SSSR count). The zero-order valence-electron chi connectivity index (χ0n) is 45.4. The van der Waals surface area contributed by atoms with Crippen LogP contribution in [0.25, 0.3) is 0 Å². The number of nitrogens with zero attached hydrogens (tertiary/aromatic N) is 1. The number of benzene rings is 3. The van der Waals surface area contributed by atoms with Gasteiger partial charge in [0.25, 0.3) is 0 Å². The van der Waals surface area contributed by atoms with E-state index in [1.54, 1.807) is 16.4 Å². The summed E-state index contributed by atoms with van der Waals surface area (Å²) in [5.74, 6) is 0.345. The number of nitrogens with two attached hydrogens (primary N) is 1. The van der Waals surface area contributed by atoms with Gasteiger partial charge in [0, 0.05) is 59.0 Å². The Labute approximate surface area is 452 Å². The van der Waals surface area contributed by atoms with E-state index in [0.717, 1.165) is 24.0 Å². The summed E-state index contributed by atoms with van der Waals surface area (Å²) in [4.78, 5) is 12.5. The van der Waals surface area contributed by atoms with E-state index in [1.165, 1.54) is 5.56 Å². The monoisotopic (exact) mass is 1080 g/mol. The molecule has 0 aliphatic carbocycles. The Morgan fingerprint density at radius 1 is 0.765 bits per heavy atom. The van der Waals surface area contributed by atoms with E-state index in [-0.39, 0.29) is 135 Å². The molecule has 392 valence electrons. The number of aliphatic hydroxyl groups is 3. The number of carbonyl (C=O) groups excluding carboxylic acids is 1. The van der Waals surface area contributed by atoms with Gasteiger partial charge < -0.3 is 38.2 Å². The summed E-state index contributed by atoms with van der Waals surface area (Å²) in [6.07, 6.45) is 1.65. The van der Waals surface area contributed by atoms with Crippen LogP contribution in [0.3, 0.4) is 0 Å². The van der Waals surface area contributed by atoms with Crippen molar-refractivity contribution in [3.05, 3.63) is 102 Å². The van der Waals surface area contributed by atoms with Crippen molar-refractivity contribution >= 4 is 33.4 Å². The van der Waals surface area contributed by atoms with E-state index < -0.39 is 21.0 Å². The van der Waals surface area contributed by atoms with E-state index in [2.05, 4.69) is 81.4 Å². The zero-order valence-corrected chi connectivity index (χ0v) is 46.8. The van der Waals surface area contributed by atoms with Crippen LogP contribution in [0.2, 0.25) is 0 Å². The molecule has 0 bridgehead atoms. The van der Waals surface area contributed by atoms with E-state index in [4.69, 9.17) is 15.6 Å². The Hall–Kier alpha value is -1.41. The number of ether oxygens (including phenoxy) is 1. The second-order valence-corrected chi connectivity index (χ2v) is 25.0. The first-order valence-electron chi connectivity index (χ1n) is 22.6. The van der Waals surface area contributed by atoms with Gasteiger partial charge in [-0.1, -0.05) is 168 Å². The second kappa shape index (κ2) is 28.2. The Morgan fingerprint density at radius 2 is 1.22 bits per heavy atom. The summed E-state index contributed by atoms with van der Waals surface area (Å²) >= 11 is 0. The molecule has 15 heteroatoms. The third kappa shape index (κ3) is 18.6. The molecule has 3 aromatic rings. The summed E-state index contributed by atoms with van der Waals surface area (Å²) in [6.45, 7) is 36.4. The van der Waals surface area contributed by atoms with Crippen LogP contribution in [0.4, 0.5) is 0 Å². The molecule has 2 heterocycles. The van der Waals surface area contributed by atoms with Crippen LogP contribution in [0.15, 0.2) is 89.8 Å². The predicted molar refractivity (Wildman–Crippen MR) is 280 cm³/mol. The molecule has 2 saturated heterocycles. The number of sulfonamides is 1. The van der Waals surface area contributed by atoms with Crippen molar-refractivity contribution in [1.29, 1.82) is 0 Å². The molecule has 0 saturated carbocycles. The van der Waals surface area contributed by atoms with Gasteiger partial charge in [0.05, 0.1) is 29.1 Å². The molecule has 0 amide bonds. The summed E-state index contributed by atoms with van der Waals surface area (Å²) < 4.78 is 32.0. The van der Waals surface area contributed by atoms with E-state index >= 15 is 0 Å². The summed E-state index contributed by atoms with van der Waals surface area (Å²) in [5, 5.41) is 28.2. The van der Waals surface area contributed by atoms with Crippen molar-refractivity contribution in [2.45, 2.75) is 158 Å². The Morgan fingerprint density at radius 3 is 1.56 bits per heavy atom. The molecule has 2 fully saturated rings. The van der Waals surface area contributed by atoms with Crippen LogP contribution in [0.1, 0.15) is 155 Å². The standard InChI is InChI=1S/C16H22O2.C16H26O2.C14H21NO2S.C7H17NO.Al.Li.2H2O.Pd.H2.4H/c1-15(2,3)16(4)10-13(11-18-14(16)17)12-8-6-5-7-9-12;1-15(2,3)16(4,12-18)10-14(11-17)13-8-6-5-7-9-13;1-11-6-8-12(9-7-11)18(16,17)15-10-14(15,5)13(2,3)4;1-6(2,3)7(4,8)5-9;;;;;;;;;;/h5-9,13H,10-11H2,1-4H3;5-9,14,17-18H,10-12H2,1-4H3;6-9H,10H2,1-5H3;9H,5,8H2,1-4H3;;;2*1H2;;1H;;;;/q;;;;;+1;;;;;;;;-1/t13-,16-;14-,16-;14-,15?;7-;;;;;;;;;;/m0000........../s1. The molecule has 7 atom stereocenters. The van der Waals surface area contributed by atoms with Crippen molar-refractivity contribution in [3.8, 4) is 0 Å². The fourth-order valence-electron chi connectivity index (χ4n) is 6.97. The van der Waals surface area contributed by atoms with Crippen LogP contribution >= 0.6 is 0 Å². The minimum Gasteiger partial charge on any atom is -1.00 e. The maximum atomic E-state index is 12.5. The Kier molecular flexibility index (Phi) is 30.3. The van der Waals surface area contributed by atoms with Gasteiger partial charge in [0.1, 0.15) is 0 Å². The largest absolute Gasteiger partial charge is 1.00 e. The van der Waals surface area contributed by atoms with Crippen LogP contribution in [-0.2, 0) is 40.0 Å². The molecule has 68 heavy (non-hydrogen) atoms. The summed E-state index contributed by atoms with van der Waals surface area (Å²) in [6, 6.07) is 27.4. The minimum absolute atomic E-state index is 0. The number of aryl methyl sites for hydroxylation is 1. The molecule has 0 radical (unpaired) electrons. The van der Waals surface area contributed by atoms with E-state index in [0.29, 0.717) is 24.0 Å². The Balaban J connectivity index is -0.000000193. The fraction of sp³-hybridized carbons (Fsp3) is 0.642. The van der Waals surface area contributed by atoms with Crippen LogP contribution < -0.4 is 24.6 Å². The molecule has 2 aliphatic heterocycles. The van der Waals surface area contributed by atoms with Crippen molar-refractivity contribution in [2.75, 3.05) is 33.0 Å². The van der Waals surface area contributed by atoms with Crippen molar-refractivity contribution in [1.82, 2.24) is 4.31 Å². The van der Waals surface area contributed by atoms with Gasteiger partial charge in [0.15, 0.2) is 17.4 Å². The first-order valence-corrected chi connectivity index (χ1v) is 24.0. The van der Waals surface area contributed by atoms with Crippen molar-refractivity contribution in [2.24, 2.45) is 38.2 Å². The molecule has 3 aromatic carbocycles. The van der Waals surface area contributed by atoms with Crippen LogP contribution in [0.5, 0.6) is 0 Å². The number of hydrogen-bond acceptors (Lipinski definition) is 8. The van der Waals surface area contributed by atoms with Gasteiger partial charge in [0.2, 0.25) is 10.0 Å². The third-order valence-corrected chi connectivity index (χ3v) is 16.9. The number of esters is 1. The average molecular weight is 1080 g/mol.